The molecule has 26 heteroatoms. The Kier molecular flexibility index (Phi) is 25.4. The molecule has 7 atom stereocenters. The maximum atomic E-state index is 14.6. The number of benzene rings is 5. The number of alkyl carbamates (subject to hydrolysis) is 1. The highest BCUT2D eigenvalue weighted by molar-refractivity contribution is 5.95. The van der Waals surface area contributed by atoms with E-state index in [4.69, 9.17) is 21.9 Å². The number of hydrogen-bond acceptors (Lipinski definition) is 14. The van der Waals surface area contributed by atoms with Crippen LogP contribution >= 0.6 is 0 Å². The average molecular weight is 1380 g/mol. The fourth-order valence-electron chi connectivity index (χ4n) is 12.8. The lowest BCUT2D eigenvalue weighted by atomic mass is 9.68. The Morgan fingerprint density at radius 3 is 1.24 bits per heavy atom. The molecule has 0 aromatic heterocycles. The lowest BCUT2D eigenvalue weighted by Crippen LogP contribution is -2.54. The molecular weight excluding hydrogens is 1290 g/mol. The van der Waals surface area contributed by atoms with Crippen LogP contribution < -0.4 is 32.0 Å². The van der Waals surface area contributed by atoms with Crippen molar-refractivity contribution in [2.75, 3.05) is 0 Å². The van der Waals surface area contributed by atoms with Crippen LogP contribution in [0.4, 0.5) is 53.1 Å². The number of carbonyl (C=O) groups excluding carboxylic acids is 6. The Morgan fingerprint density at radius 1 is 0.464 bits per heavy atom. The number of rotatable bonds is 8. The Balaban J connectivity index is 0.000000193. The number of Topliss-reactive ketones (excluding diaryl/α,β-unsaturated/α-hetero) is 5. The van der Waals surface area contributed by atoms with Gasteiger partial charge in [-0.2, -0.15) is 0 Å². The van der Waals surface area contributed by atoms with Crippen molar-refractivity contribution < 1.29 is 101 Å². The molecule has 0 heterocycles. The number of halogens is 11. The van der Waals surface area contributed by atoms with E-state index in [9.17, 15) is 87.3 Å². The minimum Gasteiger partial charge on any atom is -0.444 e. The lowest BCUT2D eigenvalue weighted by molar-refractivity contribution is -0.276. The Labute approximate surface area is 555 Å². The van der Waals surface area contributed by atoms with Crippen LogP contribution in [0.3, 0.4) is 0 Å². The quantitative estimate of drug-likeness (QED) is 0.0790. The molecule has 5 aromatic carbocycles. The van der Waals surface area contributed by atoms with Crippen LogP contribution in [0.2, 0.25) is 0 Å². The van der Waals surface area contributed by atoms with Crippen molar-refractivity contribution in [2.45, 2.75) is 222 Å². The smallest absolute Gasteiger partial charge is 0.444 e. The van der Waals surface area contributed by atoms with E-state index in [0.717, 1.165) is 62.8 Å². The van der Waals surface area contributed by atoms with Gasteiger partial charge in [0.05, 0.1) is 5.41 Å². The summed E-state index contributed by atoms with van der Waals surface area (Å²) in [6, 6.07) is 21.4. The number of ketones is 5. The first kappa shape index (κ1) is 78.3. The molecule has 15 nitrogen and oxygen atoms in total. The first-order valence-electron chi connectivity index (χ1n) is 31.9. The second kappa shape index (κ2) is 31.5. The van der Waals surface area contributed by atoms with Crippen LogP contribution in [-0.4, -0.2) is 75.8 Å². The molecule has 5 aliphatic rings. The monoisotopic (exact) mass is 1380 g/mol. The molecule has 0 bridgehead atoms. The second-order valence-corrected chi connectivity index (χ2v) is 26.4. The van der Waals surface area contributed by atoms with Crippen molar-refractivity contribution in [1.82, 2.24) is 5.32 Å². The third-order valence-electron chi connectivity index (χ3n) is 18.1. The summed E-state index contributed by atoms with van der Waals surface area (Å²) in [6.45, 7) is 11.7. The van der Waals surface area contributed by atoms with Gasteiger partial charge in [0.25, 0.3) is 0 Å². The largest absolute Gasteiger partial charge is 0.573 e. The maximum Gasteiger partial charge on any atom is 0.573 e. The summed E-state index contributed by atoms with van der Waals surface area (Å²) in [7, 11) is 0. The van der Waals surface area contributed by atoms with Gasteiger partial charge in [0.15, 0.2) is 52.0 Å². The van der Waals surface area contributed by atoms with E-state index >= 15 is 0 Å². The zero-order chi connectivity index (χ0) is 72.4. The summed E-state index contributed by atoms with van der Waals surface area (Å²) in [5.74, 6) is -7.36. The molecule has 5 saturated carbocycles. The molecule has 530 valence electrons. The van der Waals surface area contributed by atoms with Crippen molar-refractivity contribution in [2.24, 2.45) is 17.2 Å². The van der Waals surface area contributed by atoms with Crippen LogP contribution in [0.25, 0.3) is 0 Å². The molecule has 1 amide bonds. The molecule has 0 aliphatic heterocycles. The molecule has 5 aliphatic carbocycles. The van der Waals surface area contributed by atoms with E-state index in [1.807, 2.05) is 0 Å². The SMILES string of the molecule is C[C@]1(c2cccc(OC(F)(F)F)c2F)CCC[C@H](O)C1=O.Cc1cccc(C2(N)CCCCC2=O)c1F.Cc1cccc([C@@]2(N)CCCCC2=O)c1F.Cc1cccc([C@@]2(NC(=O)OC(C)(C)C)CCCCC2=O)c1F.N[C@]1(c2cccc(OC(F)(F)F)c2F)CCC[C@H](O)C1=O. The van der Waals surface area contributed by atoms with Gasteiger partial charge in [-0.05, 0) is 161 Å². The normalized spacial score (nSPS) is 25.3. The number of amides is 1. The minimum atomic E-state index is -5.06. The number of aliphatic hydroxyl groups is 2. The van der Waals surface area contributed by atoms with Crippen molar-refractivity contribution >= 4 is 35.0 Å². The highest BCUT2D eigenvalue weighted by Gasteiger charge is 2.49. The molecule has 5 aromatic rings. The maximum absolute atomic E-state index is 14.6. The summed E-state index contributed by atoms with van der Waals surface area (Å²) in [5.41, 5.74) is 12.5. The van der Waals surface area contributed by atoms with Gasteiger partial charge in [0, 0.05) is 47.1 Å². The summed E-state index contributed by atoms with van der Waals surface area (Å²) in [6.07, 6.45) is -4.04. The third kappa shape index (κ3) is 18.6. The number of nitrogens with two attached hydrogens (primary N) is 3. The van der Waals surface area contributed by atoms with E-state index in [-0.39, 0.29) is 65.8 Å². The van der Waals surface area contributed by atoms with E-state index in [0.29, 0.717) is 79.2 Å². The fraction of sp³-hybridized carbons (Fsp3) is 0.493. The molecule has 0 radical (unpaired) electrons. The molecular formula is C71H83F11N4O11. The van der Waals surface area contributed by atoms with Crippen molar-refractivity contribution in [3.8, 4) is 11.5 Å². The Morgan fingerprint density at radius 2 is 0.814 bits per heavy atom. The standard InChI is InChI=1S/C18H24FNO3.C14H14F4O3.C13H13F4NO3.2C13H16FNO/c1-12-8-7-9-13(15(12)19)18(11-6-5-10-14(18)21)20-16(22)23-17(2,3)4;1-13(7-3-5-9(19)12(13)20)8-4-2-6-10(11(8)15)21-14(16,17)18;14-10-7(3-1-5-9(10)21-13(15,16)17)12(18)6-2-4-8(19)11(12)20;2*1-9-5-4-6-10(12(9)14)13(15)8-3-2-7-11(13)16/h7-9H,5-6,10-11H2,1-4H3,(H,20,22);2,4,6,9,19H,3,5,7H2,1H3;1,3,5,8,19H,2,4,6,18H2;2*4-6H,2-3,7-8,15H2,1H3/t18-;9-,13+;8-,12-;13-;/m0000./s1. The third-order valence-corrected chi connectivity index (χ3v) is 18.1. The number of carbonyl (C=O) groups is 6. The Hall–Kier alpha value is -7.65. The van der Waals surface area contributed by atoms with Gasteiger partial charge in [-0.25, -0.2) is 26.7 Å². The predicted molar refractivity (Wildman–Crippen MR) is 336 cm³/mol. The van der Waals surface area contributed by atoms with Crippen LogP contribution in [-0.2, 0) is 56.3 Å². The van der Waals surface area contributed by atoms with Gasteiger partial charge in [0.1, 0.15) is 57.4 Å². The molecule has 0 spiro atoms. The number of hydrogen-bond donors (Lipinski definition) is 6. The minimum absolute atomic E-state index is 0.0370. The second-order valence-electron chi connectivity index (χ2n) is 26.4. The number of aliphatic hydroxyl groups excluding tert-OH is 2. The fourth-order valence-corrected chi connectivity index (χ4v) is 12.8. The molecule has 9 N–H and O–H groups in total. The van der Waals surface area contributed by atoms with Crippen LogP contribution in [0.5, 0.6) is 11.5 Å². The molecule has 10 rings (SSSR count). The van der Waals surface area contributed by atoms with E-state index < -0.39 is 110 Å². The van der Waals surface area contributed by atoms with Gasteiger partial charge in [-0.3, -0.25) is 24.0 Å². The van der Waals surface area contributed by atoms with E-state index in [2.05, 4.69) is 14.8 Å². The molecule has 97 heavy (non-hydrogen) atoms. The number of aryl methyl sites for hydroxylation is 3. The van der Waals surface area contributed by atoms with Crippen molar-refractivity contribution in [3.05, 3.63) is 165 Å². The first-order chi connectivity index (χ1) is 45.1. The van der Waals surface area contributed by atoms with Gasteiger partial charge in [-0.1, -0.05) is 91.7 Å². The van der Waals surface area contributed by atoms with Gasteiger partial charge in [0.2, 0.25) is 0 Å². The van der Waals surface area contributed by atoms with Gasteiger partial charge in [-0.15, -0.1) is 26.3 Å². The highest BCUT2D eigenvalue weighted by atomic mass is 19.4. The summed E-state index contributed by atoms with van der Waals surface area (Å²) in [4.78, 5) is 72.8. The average Bonchev–Trinajstić information content (AvgIpc) is 0.789. The first-order valence-corrected chi connectivity index (χ1v) is 31.9. The van der Waals surface area contributed by atoms with Crippen molar-refractivity contribution in [1.29, 1.82) is 0 Å². The summed E-state index contributed by atoms with van der Waals surface area (Å²) in [5, 5.41) is 21.9. The number of nitrogens with one attached hydrogen (secondary N) is 1. The van der Waals surface area contributed by atoms with E-state index in [1.54, 1.807) is 96.1 Å². The zero-order valence-electron chi connectivity index (χ0n) is 55.0. The Bertz CT molecular complexity index is 3510. The van der Waals surface area contributed by atoms with Crippen LogP contribution in [0.15, 0.2) is 91.0 Å². The van der Waals surface area contributed by atoms with Crippen LogP contribution in [0.1, 0.15) is 188 Å². The number of alkyl halides is 6. The highest BCUT2D eigenvalue weighted by Crippen LogP contribution is 2.43. The summed E-state index contributed by atoms with van der Waals surface area (Å²) < 4.78 is 157. The number of ether oxygens (including phenoxy) is 3. The molecule has 0 saturated heterocycles. The van der Waals surface area contributed by atoms with Crippen molar-refractivity contribution in [3.63, 3.8) is 0 Å². The topological polar surface area (TPSA) is 261 Å². The van der Waals surface area contributed by atoms with E-state index in [1.165, 1.54) is 19.1 Å². The zero-order valence-corrected chi connectivity index (χ0v) is 55.0. The van der Waals surface area contributed by atoms with Crippen LogP contribution in [0, 0.1) is 49.9 Å². The molecule has 5 fully saturated rings. The van der Waals surface area contributed by atoms with Gasteiger partial charge >= 0.3 is 18.8 Å². The predicted octanol–water partition coefficient (Wildman–Crippen LogP) is 13.9. The summed E-state index contributed by atoms with van der Waals surface area (Å²) >= 11 is 0. The molecule has 1 unspecified atom stereocenters. The van der Waals surface area contributed by atoms with Gasteiger partial charge < -0.3 is 46.9 Å². The lowest BCUT2D eigenvalue weighted by Gasteiger charge is -2.37.